The smallest absolute Gasteiger partial charge is 0.289 e. The van der Waals surface area contributed by atoms with Gasteiger partial charge in [0.25, 0.3) is 15.9 Å². The maximum atomic E-state index is 12.6. The zero-order valence-corrected chi connectivity index (χ0v) is 13.5. The number of hydrogen-bond donors (Lipinski definition) is 1. The van der Waals surface area contributed by atoms with Gasteiger partial charge < -0.3 is 9.32 Å². The lowest BCUT2D eigenvalue weighted by Gasteiger charge is -2.23. The van der Waals surface area contributed by atoms with Crippen LogP contribution in [0, 0.1) is 6.92 Å². The molecule has 2 aromatic heterocycles. The number of amides is 1. The SMILES string of the molecule is Cc1cnn(CC2CCCN2C(=O)c2ccc(S(N)(=O)=O)o2)c1. The van der Waals surface area contributed by atoms with Crippen LogP contribution < -0.4 is 5.14 Å². The van der Waals surface area contributed by atoms with Crippen molar-refractivity contribution in [2.24, 2.45) is 5.14 Å². The molecule has 1 saturated heterocycles. The van der Waals surface area contributed by atoms with E-state index in [0.717, 1.165) is 18.4 Å². The minimum absolute atomic E-state index is 0.00448. The maximum Gasteiger partial charge on any atom is 0.289 e. The quantitative estimate of drug-likeness (QED) is 0.883. The van der Waals surface area contributed by atoms with Crippen molar-refractivity contribution in [3.05, 3.63) is 35.9 Å². The summed E-state index contributed by atoms with van der Waals surface area (Å²) in [7, 11) is -3.95. The summed E-state index contributed by atoms with van der Waals surface area (Å²) in [5.41, 5.74) is 1.06. The third-order valence-electron chi connectivity index (χ3n) is 3.87. The molecular weight excluding hydrogens is 320 g/mol. The molecule has 3 heterocycles. The molecule has 0 aliphatic carbocycles. The van der Waals surface area contributed by atoms with Crippen molar-refractivity contribution in [3.8, 4) is 0 Å². The van der Waals surface area contributed by atoms with Crippen molar-refractivity contribution in [2.45, 2.75) is 37.4 Å². The molecule has 0 bridgehead atoms. The van der Waals surface area contributed by atoms with E-state index in [4.69, 9.17) is 9.56 Å². The number of rotatable bonds is 4. The monoisotopic (exact) mass is 338 g/mol. The van der Waals surface area contributed by atoms with Gasteiger partial charge >= 0.3 is 0 Å². The van der Waals surface area contributed by atoms with E-state index in [1.807, 2.05) is 17.8 Å². The van der Waals surface area contributed by atoms with Crippen molar-refractivity contribution in [1.82, 2.24) is 14.7 Å². The predicted octanol–water partition coefficient (Wildman–Crippen LogP) is 0.737. The first kappa shape index (κ1) is 15.8. The molecule has 1 aliphatic rings. The molecule has 3 rings (SSSR count). The van der Waals surface area contributed by atoms with Crippen LogP contribution in [0.3, 0.4) is 0 Å². The summed E-state index contributed by atoms with van der Waals surface area (Å²) < 4.78 is 29.4. The van der Waals surface area contributed by atoms with E-state index < -0.39 is 15.1 Å². The van der Waals surface area contributed by atoms with Gasteiger partial charge in [-0.2, -0.15) is 5.10 Å². The summed E-state index contributed by atoms with van der Waals surface area (Å²) in [6.45, 7) is 3.16. The van der Waals surface area contributed by atoms with E-state index in [2.05, 4.69) is 5.10 Å². The Morgan fingerprint density at radius 1 is 1.48 bits per heavy atom. The molecular formula is C14H18N4O4S. The minimum Gasteiger partial charge on any atom is -0.438 e. The number of aromatic nitrogens is 2. The van der Waals surface area contributed by atoms with Gasteiger partial charge in [0.15, 0.2) is 5.76 Å². The van der Waals surface area contributed by atoms with Crippen molar-refractivity contribution in [3.63, 3.8) is 0 Å². The summed E-state index contributed by atoms with van der Waals surface area (Å²) in [5.74, 6) is -0.344. The molecule has 2 aromatic rings. The largest absolute Gasteiger partial charge is 0.438 e. The number of sulfonamides is 1. The number of likely N-dealkylation sites (tertiary alicyclic amines) is 1. The summed E-state index contributed by atoms with van der Waals surface area (Å²) in [5, 5.41) is 8.84. The number of furan rings is 1. The first-order valence-corrected chi connectivity index (χ1v) is 8.82. The molecule has 8 nitrogen and oxygen atoms in total. The highest BCUT2D eigenvalue weighted by atomic mass is 32.2. The van der Waals surface area contributed by atoms with Crippen molar-refractivity contribution >= 4 is 15.9 Å². The van der Waals surface area contributed by atoms with Crippen LogP contribution in [0.5, 0.6) is 0 Å². The molecule has 0 radical (unpaired) electrons. The Bertz CT molecular complexity index is 823. The van der Waals surface area contributed by atoms with Crippen LogP contribution in [0.1, 0.15) is 29.0 Å². The van der Waals surface area contributed by atoms with E-state index in [-0.39, 0.29) is 17.7 Å². The fourth-order valence-corrected chi connectivity index (χ4v) is 3.27. The number of nitrogens with two attached hydrogens (primary N) is 1. The minimum atomic E-state index is -3.95. The molecule has 23 heavy (non-hydrogen) atoms. The molecule has 1 atom stereocenters. The normalized spacial score (nSPS) is 18.5. The van der Waals surface area contributed by atoms with Crippen LogP contribution in [-0.2, 0) is 16.6 Å². The Labute approximate surface area is 133 Å². The Kier molecular flexibility index (Phi) is 3.99. The van der Waals surface area contributed by atoms with E-state index in [1.54, 1.807) is 11.1 Å². The number of nitrogens with zero attached hydrogens (tertiary/aromatic N) is 3. The number of aryl methyl sites for hydroxylation is 1. The summed E-state index contributed by atoms with van der Waals surface area (Å²) in [6, 6.07) is 2.55. The molecule has 0 saturated carbocycles. The van der Waals surface area contributed by atoms with Gasteiger partial charge in [-0.1, -0.05) is 0 Å². The van der Waals surface area contributed by atoms with Gasteiger partial charge in [-0.05, 0) is 37.5 Å². The van der Waals surface area contributed by atoms with E-state index in [1.165, 1.54) is 12.1 Å². The van der Waals surface area contributed by atoms with Crippen LogP contribution >= 0.6 is 0 Å². The average molecular weight is 338 g/mol. The van der Waals surface area contributed by atoms with Crippen molar-refractivity contribution in [1.29, 1.82) is 0 Å². The maximum absolute atomic E-state index is 12.6. The Morgan fingerprint density at radius 3 is 2.87 bits per heavy atom. The lowest BCUT2D eigenvalue weighted by molar-refractivity contribution is 0.0683. The first-order chi connectivity index (χ1) is 10.8. The van der Waals surface area contributed by atoms with Crippen LogP contribution in [-0.4, -0.2) is 41.6 Å². The number of carbonyl (C=O) groups excluding carboxylic acids is 1. The molecule has 1 amide bonds. The van der Waals surface area contributed by atoms with Crippen LogP contribution in [0.2, 0.25) is 0 Å². The van der Waals surface area contributed by atoms with Gasteiger partial charge in [0.05, 0.1) is 18.8 Å². The number of carbonyl (C=O) groups is 1. The lowest BCUT2D eigenvalue weighted by atomic mass is 10.2. The third-order valence-corrected chi connectivity index (χ3v) is 4.65. The molecule has 1 fully saturated rings. The fourth-order valence-electron chi connectivity index (χ4n) is 2.81. The lowest BCUT2D eigenvalue weighted by Crippen LogP contribution is -2.38. The molecule has 2 N–H and O–H groups in total. The van der Waals surface area contributed by atoms with Gasteiger partial charge in [0.2, 0.25) is 5.09 Å². The van der Waals surface area contributed by atoms with Gasteiger partial charge in [-0.15, -0.1) is 0 Å². The second-order valence-corrected chi connectivity index (χ2v) is 7.19. The predicted molar refractivity (Wildman–Crippen MR) is 81.1 cm³/mol. The molecule has 0 aromatic carbocycles. The zero-order valence-electron chi connectivity index (χ0n) is 12.7. The van der Waals surface area contributed by atoms with Gasteiger partial charge in [-0.3, -0.25) is 9.48 Å². The molecule has 0 spiro atoms. The number of hydrogen-bond acceptors (Lipinski definition) is 5. The third kappa shape index (κ3) is 3.30. The van der Waals surface area contributed by atoms with E-state index in [9.17, 15) is 13.2 Å². The summed E-state index contributed by atoms with van der Waals surface area (Å²) >= 11 is 0. The summed E-state index contributed by atoms with van der Waals surface area (Å²) in [4.78, 5) is 14.3. The van der Waals surface area contributed by atoms with E-state index >= 15 is 0 Å². The van der Waals surface area contributed by atoms with Gasteiger partial charge in [0.1, 0.15) is 0 Å². The Balaban J connectivity index is 1.76. The highest BCUT2D eigenvalue weighted by Gasteiger charge is 2.32. The van der Waals surface area contributed by atoms with Crippen LogP contribution in [0.4, 0.5) is 0 Å². The first-order valence-electron chi connectivity index (χ1n) is 7.27. The topological polar surface area (TPSA) is 111 Å². The highest BCUT2D eigenvalue weighted by Crippen LogP contribution is 2.23. The van der Waals surface area contributed by atoms with Crippen molar-refractivity contribution < 1.29 is 17.6 Å². The molecule has 9 heteroatoms. The van der Waals surface area contributed by atoms with Gasteiger partial charge in [-0.25, -0.2) is 13.6 Å². The highest BCUT2D eigenvalue weighted by molar-refractivity contribution is 7.89. The van der Waals surface area contributed by atoms with Crippen LogP contribution in [0.25, 0.3) is 0 Å². The van der Waals surface area contributed by atoms with E-state index in [0.29, 0.717) is 13.1 Å². The Hall–Kier alpha value is -2.13. The molecule has 1 aliphatic heterocycles. The second-order valence-electron chi connectivity index (χ2n) is 5.70. The second kappa shape index (κ2) is 5.82. The van der Waals surface area contributed by atoms with Crippen LogP contribution in [0.15, 0.2) is 34.0 Å². The van der Waals surface area contributed by atoms with Gasteiger partial charge in [0, 0.05) is 12.7 Å². The standard InChI is InChI=1S/C14H18N4O4S/c1-10-7-16-17(8-10)9-11-3-2-6-18(11)14(19)12-4-5-13(22-12)23(15,20)21/h4-5,7-8,11H,2-3,6,9H2,1H3,(H2,15,20,21). The number of primary sulfonamides is 1. The fraction of sp³-hybridized carbons (Fsp3) is 0.429. The zero-order chi connectivity index (χ0) is 16.6. The average Bonchev–Trinajstić information content (AvgIpc) is 3.18. The summed E-state index contributed by atoms with van der Waals surface area (Å²) in [6.07, 6.45) is 5.45. The van der Waals surface area contributed by atoms with Crippen molar-refractivity contribution in [2.75, 3.05) is 6.54 Å². The molecule has 1 unspecified atom stereocenters. The Morgan fingerprint density at radius 2 is 2.26 bits per heavy atom. The molecule has 124 valence electrons.